The fraction of sp³-hybridized carbons (Fsp3) is 0.188. The Kier molecular flexibility index (Phi) is 2.60. The largest absolute Gasteiger partial charge is 0.383 e. The van der Waals surface area contributed by atoms with Crippen molar-refractivity contribution in [2.45, 2.75) is 18.8 Å². The molecule has 3 nitrogen and oxygen atoms in total. The molecule has 2 heterocycles. The summed E-state index contributed by atoms with van der Waals surface area (Å²) in [6, 6.07) is 12.6. The Labute approximate surface area is 125 Å². The van der Waals surface area contributed by atoms with Gasteiger partial charge >= 0.3 is 0 Å². The predicted octanol–water partition coefficient (Wildman–Crippen LogP) is 4.22. The zero-order chi connectivity index (χ0) is 13.7. The molecule has 2 aromatic heterocycles. The summed E-state index contributed by atoms with van der Waals surface area (Å²) in [6.45, 7) is 0. The number of hydrogen-bond donors (Lipinski definition) is 1. The second-order valence-electron chi connectivity index (χ2n) is 5.32. The SMILES string of the molecule is Nc1c(-c2ccc(C3CC3)cc2)nc2ccc(Br)cn12. The average Bonchev–Trinajstić information content (AvgIpc) is 3.26. The number of nitrogen functional groups attached to an aromatic ring is 1. The number of nitrogens with zero attached hydrogens (tertiary/aromatic N) is 2. The summed E-state index contributed by atoms with van der Waals surface area (Å²) in [5.41, 5.74) is 10.5. The first-order chi connectivity index (χ1) is 9.72. The fourth-order valence-electron chi connectivity index (χ4n) is 2.58. The lowest BCUT2D eigenvalue weighted by Gasteiger charge is -2.02. The van der Waals surface area contributed by atoms with Crippen molar-refractivity contribution in [2.24, 2.45) is 0 Å². The van der Waals surface area contributed by atoms with Crippen LogP contribution >= 0.6 is 15.9 Å². The molecule has 1 aliphatic carbocycles. The molecule has 0 radical (unpaired) electrons. The van der Waals surface area contributed by atoms with Gasteiger partial charge in [0.1, 0.15) is 17.2 Å². The van der Waals surface area contributed by atoms with Gasteiger partial charge in [0.25, 0.3) is 0 Å². The summed E-state index contributed by atoms with van der Waals surface area (Å²) in [5, 5.41) is 0. The Morgan fingerprint density at radius 1 is 1.10 bits per heavy atom. The van der Waals surface area contributed by atoms with Crippen LogP contribution < -0.4 is 5.73 Å². The molecule has 1 aliphatic rings. The molecule has 3 aromatic rings. The van der Waals surface area contributed by atoms with E-state index in [0.29, 0.717) is 5.82 Å². The van der Waals surface area contributed by atoms with Crippen molar-refractivity contribution in [3.8, 4) is 11.3 Å². The van der Waals surface area contributed by atoms with Gasteiger partial charge in [0.05, 0.1) is 0 Å². The van der Waals surface area contributed by atoms with E-state index in [1.165, 1.54) is 18.4 Å². The Balaban J connectivity index is 1.82. The van der Waals surface area contributed by atoms with E-state index in [-0.39, 0.29) is 0 Å². The molecule has 4 heteroatoms. The van der Waals surface area contributed by atoms with Crippen molar-refractivity contribution < 1.29 is 0 Å². The lowest BCUT2D eigenvalue weighted by molar-refractivity contribution is 1.13. The average molecular weight is 328 g/mol. The normalized spacial score (nSPS) is 14.8. The highest BCUT2D eigenvalue weighted by Crippen LogP contribution is 2.40. The molecule has 1 saturated carbocycles. The second kappa shape index (κ2) is 4.35. The number of anilines is 1. The zero-order valence-electron chi connectivity index (χ0n) is 10.9. The smallest absolute Gasteiger partial charge is 0.139 e. The van der Waals surface area contributed by atoms with Crippen molar-refractivity contribution >= 4 is 27.4 Å². The van der Waals surface area contributed by atoms with Gasteiger partial charge in [-0.1, -0.05) is 24.3 Å². The highest BCUT2D eigenvalue weighted by atomic mass is 79.9. The van der Waals surface area contributed by atoms with Crippen LogP contribution in [0.2, 0.25) is 0 Å². The molecular weight excluding hydrogens is 314 g/mol. The number of aromatic nitrogens is 2. The molecule has 0 atom stereocenters. The number of pyridine rings is 1. The van der Waals surface area contributed by atoms with Gasteiger partial charge in [-0.3, -0.25) is 4.40 Å². The number of fused-ring (bicyclic) bond motifs is 1. The Bertz CT molecular complexity index is 785. The van der Waals surface area contributed by atoms with Crippen molar-refractivity contribution in [3.05, 3.63) is 52.6 Å². The third-order valence-electron chi connectivity index (χ3n) is 3.85. The van der Waals surface area contributed by atoms with Crippen molar-refractivity contribution in [1.82, 2.24) is 9.38 Å². The maximum Gasteiger partial charge on any atom is 0.139 e. The predicted molar refractivity (Wildman–Crippen MR) is 84.7 cm³/mol. The summed E-state index contributed by atoms with van der Waals surface area (Å²) in [5.74, 6) is 1.46. The van der Waals surface area contributed by atoms with Crippen LogP contribution in [0.25, 0.3) is 16.9 Å². The Hall–Kier alpha value is -1.81. The van der Waals surface area contributed by atoms with Gasteiger partial charge in [-0.05, 0) is 52.4 Å². The Morgan fingerprint density at radius 3 is 2.55 bits per heavy atom. The molecule has 0 spiro atoms. The molecule has 100 valence electrons. The van der Waals surface area contributed by atoms with Gasteiger partial charge < -0.3 is 5.73 Å². The van der Waals surface area contributed by atoms with E-state index in [4.69, 9.17) is 5.73 Å². The first-order valence-electron chi connectivity index (χ1n) is 6.76. The molecular formula is C16H14BrN3. The molecule has 0 aliphatic heterocycles. The van der Waals surface area contributed by atoms with Gasteiger partial charge in [0.15, 0.2) is 0 Å². The molecule has 20 heavy (non-hydrogen) atoms. The molecule has 0 saturated heterocycles. The standard InChI is InChI=1S/C16H14BrN3/c17-13-7-8-14-19-15(16(18)20(14)9-13)12-5-3-11(4-6-12)10-1-2-10/h3-10H,1-2,18H2. The molecule has 2 N–H and O–H groups in total. The lowest BCUT2D eigenvalue weighted by atomic mass is 10.1. The minimum atomic E-state index is 0.681. The van der Waals surface area contributed by atoms with Crippen LogP contribution in [-0.4, -0.2) is 9.38 Å². The van der Waals surface area contributed by atoms with Crippen LogP contribution in [-0.2, 0) is 0 Å². The first-order valence-corrected chi connectivity index (χ1v) is 7.55. The van der Waals surface area contributed by atoms with Crippen LogP contribution in [0.1, 0.15) is 24.3 Å². The van der Waals surface area contributed by atoms with E-state index < -0.39 is 0 Å². The van der Waals surface area contributed by atoms with E-state index in [9.17, 15) is 0 Å². The van der Waals surface area contributed by atoms with Gasteiger partial charge in [-0.15, -0.1) is 0 Å². The van der Waals surface area contributed by atoms with Crippen LogP contribution in [0.4, 0.5) is 5.82 Å². The topological polar surface area (TPSA) is 43.3 Å². The number of rotatable bonds is 2. The third-order valence-corrected chi connectivity index (χ3v) is 4.32. The van der Waals surface area contributed by atoms with E-state index in [0.717, 1.165) is 27.3 Å². The van der Waals surface area contributed by atoms with Gasteiger partial charge in [-0.2, -0.15) is 0 Å². The Morgan fingerprint density at radius 2 is 1.85 bits per heavy atom. The van der Waals surface area contributed by atoms with E-state index >= 15 is 0 Å². The fourth-order valence-corrected chi connectivity index (χ4v) is 2.92. The summed E-state index contributed by atoms with van der Waals surface area (Å²) in [4.78, 5) is 4.63. The van der Waals surface area contributed by atoms with Crippen molar-refractivity contribution in [1.29, 1.82) is 0 Å². The minimum Gasteiger partial charge on any atom is -0.383 e. The van der Waals surface area contributed by atoms with Crippen molar-refractivity contribution in [3.63, 3.8) is 0 Å². The number of halogens is 1. The van der Waals surface area contributed by atoms with Crippen LogP contribution in [0.15, 0.2) is 47.1 Å². The summed E-state index contributed by atoms with van der Waals surface area (Å²) in [6.07, 6.45) is 4.59. The minimum absolute atomic E-state index is 0.681. The first kappa shape index (κ1) is 12.0. The number of nitrogens with two attached hydrogens (primary N) is 1. The van der Waals surface area contributed by atoms with Crippen LogP contribution in [0, 0.1) is 0 Å². The van der Waals surface area contributed by atoms with Crippen molar-refractivity contribution in [2.75, 3.05) is 5.73 Å². The molecule has 0 bridgehead atoms. The molecule has 0 amide bonds. The quantitative estimate of drug-likeness (QED) is 0.765. The zero-order valence-corrected chi connectivity index (χ0v) is 12.5. The third kappa shape index (κ3) is 1.91. The highest BCUT2D eigenvalue weighted by molar-refractivity contribution is 9.10. The van der Waals surface area contributed by atoms with Gasteiger partial charge in [0.2, 0.25) is 0 Å². The highest BCUT2D eigenvalue weighted by Gasteiger charge is 2.23. The lowest BCUT2D eigenvalue weighted by Crippen LogP contribution is -1.94. The monoisotopic (exact) mass is 327 g/mol. The molecule has 1 aromatic carbocycles. The number of imidazole rings is 1. The summed E-state index contributed by atoms with van der Waals surface area (Å²) in [7, 11) is 0. The van der Waals surface area contributed by atoms with Crippen LogP contribution in [0.3, 0.4) is 0 Å². The maximum absolute atomic E-state index is 6.23. The van der Waals surface area contributed by atoms with Gasteiger partial charge in [-0.25, -0.2) is 4.98 Å². The molecule has 4 rings (SSSR count). The molecule has 1 fully saturated rings. The summed E-state index contributed by atoms with van der Waals surface area (Å²) < 4.78 is 2.90. The van der Waals surface area contributed by atoms with E-state index in [2.05, 4.69) is 45.2 Å². The summed E-state index contributed by atoms with van der Waals surface area (Å²) >= 11 is 3.46. The number of hydrogen-bond acceptors (Lipinski definition) is 2. The second-order valence-corrected chi connectivity index (χ2v) is 6.23. The maximum atomic E-state index is 6.23. The van der Waals surface area contributed by atoms with E-state index in [1.54, 1.807) is 0 Å². The van der Waals surface area contributed by atoms with Gasteiger partial charge in [0, 0.05) is 16.2 Å². The van der Waals surface area contributed by atoms with Crippen LogP contribution in [0.5, 0.6) is 0 Å². The number of benzene rings is 1. The van der Waals surface area contributed by atoms with E-state index in [1.807, 2.05) is 22.7 Å². The molecule has 0 unspecified atom stereocenters.